The Labute approximate surface area is 126 Å². The summed E-state index contributed by atoms with van der Waals surface area (Å²) in [7, 11) is 0.615. The minimum Gasteiger partial charge on any atom is -0.317 e. The average Bonchev–Trinajstić information content (AvgIpc) is 2.84. The third kappa shape index (κ3) is 6.32. The summed E-state index contributed by atoms with van der Waals surface area (Å²) < 4.78 is 27.2. The molecule has 0 aliphatic rings. The van der Waals surface area contributed by atoms with Crippen LogP contribution in [-0.4, -0.2) is 53.6 Å². The quantitative estimate of drug-likeness (QED) is 0.635. The molecule has 0 saturated heterocycles. The Balaban J connectivity index is 2.46. The lowest BCUT2D eigenvalue weighted by Crippen LogP contribution is -2.26. The van der Waals surface area contributed by atoms with Crippen molar-refractivity contribution in [2.45, 2.75) is 24.0 Å². The Kier molecular flexibility index (Phi) is 7.68. The summed E-state index contributed by atoms with van der Waals surface area (Å²) in [6.07, 6.45) is 1.68. The monoisotopic (exact) mass is 319 g/mol. The van der Waals surface area contributed by atoms with E-state index in [0.29, 0.717) is 10.8 Å². The summed E-state index contributed by atoms with van der Waals surface area (Å²) in [5.41, 5.74) is 0. The van der Waals surface area contributed by atoms with E-state index in [4.69, 9.17) is 0 Å². The predicted molar refractivity (Wildman–Crippen MR) is 84.9 cm³/mol. The van der Waals surface area contributed by atoms with Crippen molar-refractivity contribution in [1.29, 1.82) is 0 Å². The SMILES string of the molecule is CCNCCc1ccc(S(=O)(=O)NCCCN(C)C)s1. The smallest absolute Gasteiger partial charge is 0.250 e. The van der Waals surface area contributed by atoms with Crippen LogP contribution in [-0.2, 0) is 16.4 Å². The molecule has 0 amide bonds. The van der Waals surface area contributed by atoms with Gasteiger partial charge in [0.05, 0.1) is 0 Å². The van der Waals surface area contributed by atoms with Crippen LogP contribution >= 0.6 is 11.3 Å². The standard InChI is InChI=1S/C13H25N3O2S2/c1-4-14-10-8-12-6-7-13(19-12)20(17,18)15-9-5-11-16(2)3/h6-7,14-15H,4-5,8-11H2,1-3H3. The first-order valence-corrected chi connectivity index (χ1v) is 9.19. The first kappa shape index (κ1) is 17.6. The molecule has 0 radical (unpaired) electrons. The highest BCUT2D eigenvalue weighted by Gasteiger charge is 2.15. The zero-order valence-corrected chi connectivity index (χ0v) is 14.1. The summed E-state index contributed by atoms with van der Waals surface area (Å²) >= 11 is 1.35. The molecule has 0 unspecified atom stereocenters. The summed E-state index contributed by atoms with van der Waals surface area (Å²) in [6, 6.07) is 3.59. The van der Waals surface area contributed by atoms with Gasteiger partial charge in [0.1, 0.15) is 4.21 Å². The zero-order valence-electron chi connectivity index (χ0n) is 12.5. The normalized spacial score (nSPS) is 12.2. The largest absolute Gasteiger partial charge is 0.317 e. The fourth-order valence-electron chi connectivity index (χ4n) is 1.70. The maximum absolute atomic E-state index is 12.1. The van der Waals surface area contributed by atoms with Crippen molar-refractivity contribution >= 4 is 21.4 Å². The Morgan fingerprint density at radius 3 is 2.65 bits per heavy atom. The fraction of sp³-hybridized carbons (Fsp3) is 0.692. The van der Waals surface area contributed by atoms with E-state index in [9.17, 15) is 8.42 Å². The molecule has 20 heavy (non-hydrogen) atoms. The summed E-state index contributed by atoms with van der Waals surface area (Å²) in [5, 5.41) is 3.23. The number of nitrogens with zero attached hydrogens (tertiary/aromatic N) is 1. The van der Waals surface area contributed by atoms with Crippen LogP contribution in [0.2, 0.25) is 0 Å². The molecule has 116 valence electrons. The van der Waals surface area contributed by atoms with E-state index < -0.39 is 10.0 Å². The number of sulfonamides is 1. The van der Waals surface area contributed by atoms with Gasteiger partial charge in [-0.2, -0.15) is 0 Å². The highest BCUT2D eigenvalue weighted by molar-refractivity contribution is 7.91. The van der Waals surface area contributed by atoms with Gasteiger partial charge in [-0.3, -0.25) is 0 Å². The Morgan fingerprint density at radius 1 is 1.25 bits per heavy atom. The van der Waals surface area contributed by atoms with E-state index in [1.807, 2.05) is 25.1 Å². The van der Waals surface area contributed by atoms with E-state index in [-0.39, 0.29) is 0 Å². The molecule has 0 spiro atoms. The molecule has 1 aromatic heterocycles. The first-order chi connectivity index (χ1) is 9.45. The molecule has 5 nitrogen and oxygen atoms in total. The van der Waals surface area contributed by atoms with Crippen molar-refractivity contribution in [2.24, 2.45) is 0 Å². The second-order valence-corrected chi connectivity index (χ2v) is 8.04. The second-order valence-electron chi connectivity index (χ2n) is 4.88. The Morgan fingerprint density at radius 2 is 2.00 bits per heavy atom. The molecule has 0 aromatic carbocycles. The molecule has 0 atom stereocenters. The number of likely N-dealkylation sites (N-methyl/N-ethyl adjacent to an activating group) is 1. The van der Waals surface area contributed by atoms with E-state index in [0.717, 1.165) is 37.4 Å². The maximum atomic E-state index is 12.1. The molecule has 1 heterocycles. The molecular formula is C13H25N3O2S2. The van der Waals surface area contributed by atoms with Crippen molar-refractivity contribution in [3.63, 3.8) is 0 Å². The van der Waals surface area contributed by atoms with Crippen molar-refractivity contribution in [1.82, 2.24) is 14.9 Å². The number of hydrogen-bond donors (Lipinski definition) is 2. The number of nitrogens with one attached hydrogen (secondary N) is 2. The van der Waals surface area contributed by atoms with Gasteiger partial charge in [-0.05, 0) is 58.7 Å². The molecule has 0 aliphatic heterocycles. The third-order valence-electron chi connectivity index (χ3n) is 2.77. The van der Waals surface area contributed by atoms with Crippen molar-refractivity contribution < 1.29 is 8.42 Å². The van der Waals surface area contributed by atoms with Gasteiger partial charge in [0.15, 0.2) is 0 Å². The van der Waals surface area contributed by atoms with Gasteiger partial charge in [-0.25, -0.2) is 13.1 Å². The van der Waals surface area contributed by atoms with Crippen LogP contribution in [0, 0.1) is 0 Å². The third-order valence-corrected chi connectivity index (χ3v) is 5.87. The van der Waals surface area contributed by atoms with Crippen molar-refractivity contribution in [3.05, 3.63) is 17.0 Å². The Hall–Kier alpha value is -0.470. The molecule has 0 saturated carbocycles. The lowest BCUT2D eigenvalue weighted by Gasteiger charge is -2.09. The molecule has 2 N–H and O–H groups in total. The lowest BCUT2D eigenvalue weighted by molar-refractivity contribution is 0.400. The minimum absolute atomic E-state index is 0.411. The molecule has 0 aliphatic carbocycles. The van der Waals surface area contributed by atoms with Crippen LogP contribution < -0.4 is 10.0 Å². The minimum atomic E-state index is -3.34. The number of thiophene rings is 1. The molecular weight excluding hydrogens is 294 g/mol. The van der Waals surface area contributed by atoms with Gasteiger partial charge in [-0.1, -0.05) is 6.92 Å². The molecule has 1 rings (SSSR count). The van der Waals surface area contributed by atoms with E-state index in [1.54, 1.807) is 6.07 Å². The first-order valence-electron chi connectivity index (χ1n) is 6.89. The van der Waals surface area contributed by atoms with Crippen LogP contribution in [0.3, 0.4) is 0 Å². The second kappa shape index (κ2) is 8.74. The molecule has 0 bridgehead atoms. The number of rotatable bonds is 10. The maximum Gasteiger partial charge on any atom is 0.250 e. The van der Waals surface area contributed by atoms with Gasteiger partial charge in [-0.15, -0.1) is 11.3 Å². The van der Waals surface area contributed by atoms with Gasteiger partial charge in [0.25, 0.3) is 0 Å². The van der Waals surface area contributed by atoms with Gasteiger partial charge in [0.2, 0.25) is 10.0 Å². The van der Waals surface area contributed by atoms with E-state index in [1.165, 1.54) is 11.3 Å². The summed E-state index contributed by atoms with van der Waals surface area (Å²) in [5.74, 6) is 0. The van der Waals surface area contributed by atoms with Crippen LogP contribution in [0.25, 0.3) is 0 Å². The van der Waals surface area contributed by atoms with Crippen LogP contribution in [0.5, 0.6) is 0 Å². The predicted octanol–water partition coefficient (Wildman–Crippen LogP) is 1.13. The van der Waals surface area contributed by atoms with Crippen molar-refractivity contribution in [3.8, 4) is 0 Å². The topological polar surface area (TPSA) is 61.4 Å². The van der Waals surface area contributed by atoms with Crippen LogP contribution in [0.4, 0.5) is 0 Å². The number of hydrogen-bond acceptors (Lipinski definition) is 5. The van der Waals surface area contributed by atoms with E-state index >= 15 is 0 Å². The zero-order chi connectivity index (χ0) is 15.0. The fourth-order valence-corrected chi connectivity index (χ4v) is 4.17. The van der Waals surface area contributed by atoms with Crippen LogP contribution in [0.1, 0.15) is 18.2 Å². The summed E-state index contributed by atoms with van der Waals surface area (Å²) in [4.78, 5) is 3.14. The van der Waals surface area contributed by atoms with Gasteiger partial charge >= 0.3 is 0 Å². The average molecular weight is 319 g/mol. The van der Waals surface area contributed by atoms with Crippen molar-refractivity contribution in [2.75, 3.05) is 40.3 Å². The molecule has 0 fully saturated rings. The molecule has 7 heteroatoms. The van der Waals surface area contributed by atoms with Gasteiger partial charge < -0.3 is 10.2 Å². The summed E-state index contributed by atoms with van der Waals surface area (Å²) in [6.45, 7) is 5.23. The highest BCUT2D eigenvalue weighted by atomic mass is 32.2. The van der Waals surface area contributed by atoms with Crippen LogP contribution in [0.15, 0.2) is 16.3 Å². The Bertz CT molecular complexity index is 484. The highest BCUT2D eigenvalue weighted by Crippen LogP contribution is 2.21. The van der Waals surface area contributed by atoms with Gasteiger partial charge in [0, 0.05) is 11.4 Å². The molecule has 1 aromatic rings. The lowest BCUT2D eigenvalue weighted by atomic mass is 10.3. The van der Waals surface area contributed by atoms with E-state index in [2.05, 4.69) is 17.0 Å².